The van der Waals surface area contributed by atoms with E-state index in [1.807, 2.05) is 13.0 Å². The van der Waals surface area contributed by atoms with Crippen molar-refractivity contribution in [3.63, 3.8) is 0 Å². The predicted octanol–water partition coefficient (Wildman–Crippen LogP) is 3.76. The van der Waals surface area contributed by atoms with Crippen LogP contribution in [0.4, 0.5) is 5.69 Å². The molecule has 0 fully saturated rings. The Bertz CT molecular complexity index is 1210. The summed E-state index contributed by atoms with van der Waals surface area (Å²) in [5, 5.41) is 0. The summed E-state index contributed by atoms with van der Waals surface area (Å²) in [7, 11) is 5.48. The Balaban J connectivity index is 2.22. The molecule has 2 aromatic carbocycles. The molecule has 0 spiro atoms. The van der Waals surface area contributed by atoms with Crippen LogP contribution >= 0.6 is 0 Å². The molecule has 0 unspecified atom stereocenters. The highest BCUT2D eigenvalue weighted by atomic mass is 16.5. The topological polar surface area (TPSA) is 91.4 Å². The first-order valence-corrected chi connectivity index (χ1v) is 10.3. The first-order chi connectivity index (χ1) is 16.3. The number of nitrogens with zero attached hydrogens (tertiary/aromatic N) is 1. The second-order valence-corrected chi connectivity index (χ2v) is 7.29. The summed E-state index contributed by atoms with van der Waals surface area (Å²) in [5.41, 5.74) is 2.19. The number of Topliss-reactive ketones (excluding diaryl/α,β-unsaturated/α-hetero) is 1. The molecule has 0 atom stereocenters. The second-order valence-electron chi connectivity index (χ2n) is 7.29. The normalized spacial score (nSPS) is 14.1. The maximum absolute atomic E-state index is 13.5. The Morgan fingerprint density at radius 3 is 2.18 bits per heavy atom. The minimum Gasteiger partial charge on any atom is -0.497 e. The fraction of sp³-hybridized carbons (Fsp3) is 0.192. The Kier molecular flexibility index (Phi) is 7.53. The monoisotopic (exact) mass is 463 g/mol. The molecular weight excluding hydrogens is 438 g/mol. The van der Waals surface area contributed by atoms with Crippen molar-refractivity contribution in [1.29, 1.82) is 0 Å². The number of allylic oxidation sites excluding steroid dienone is 2. The van der Waals surface area contributed by atoms with Crippen molar-refractivity contribution in [2.24, 2.45) is 0 Å². The van der Waals surface area contributed by atoms with Gasteiger partial charge in [0.05, 0.1) is 45.3 Å². The molecule has 1 heterocycles. The molecule has 176 valence electrons. The molecule has 0 N–H and O–H groups in total. The quantitative estimate of drug-likeness (QED) is 0.348. The van der Waals surface area contributed by atoms with Crippen LogP contribution in [0.15, 0.2) is 77.7 Å². The molecular formula is C26H25NO7. The summed E-state index contributed by atoms with van der Waals surface area (Å²) in [6, 6.07) is 12.2. The molecule has 8 nitrogen and oxygen atoms in total. The first kappa shape index (κ1) is 24.3. The van der Waals surface area contributed by atoms with Gasteiger partial charge in [-0.25, -0.2) is 9.59 Å². The first-order valence-electron chi connectivity index (χ1n) is 10.3. The van der Waals surface area contributed by atoms with Crippen molar-refractivity contribution in [3.05, 3.63) is 88.8 Å². The van der Waals surface area contributed by atoms with E-state index in [9.17, 15) is 14.4 Å². The van der Waals surface area contributed by atoms with Gasteiger partial charge in [-0.3, -0.25) is 4.79 Å². The van der Waals surface area contributed by atoms with Crippen LogP contribution in [-0.4, -0.2) is 46.2 Å². The van der Waals surface area contributed by atoms with E-state index < -0.39 is 11.9 Å². The maximum Gasteiger partial charge on any atom is 0.340 e. The summed E-state index contributed by atoms with van der Waals surface area (Å²) >= 11 is 0. The Morgan fingerprint density at radius 2 is 1.59 bits per heavy atom. The maximum atomic E-state index is 13.5. The largest absolute Gasteiger partial charge is 0.497 e. The molecule has 0 bridgehead atoms. The third-order valence-electron chi connectivity index (χ3n) is 5.18. The fourth-order valence-corrected chi connectivity index (χ4v) is 3.43. The minimum atomic E-state index is -0.719. The van der Waals surface area contributed by atoms with Crippen LogP contribution in [0.25, 0.3) is 0 Å². The van der Waals surface area contributed by atoms with Gasteiger partial charge in [0.25, 0.3) is 0 Å². The van der Waals surface area contributed by atoms with Gasteiger partial charge in [-0.15, -0.1) is 0 Å². The number of methoxy groups -OCH3 is 4. The second kappa shape index (κ2) is 10.5. The van der Waals surface area contributed by atoms with Crippen molar-refractivity contribution < 1.29 is 33.3 Å². The number of benzene rings is 2. The minimum absolute atomic E-state index is 0.0150. The van der Waals surface area contributed by atoms with Crippen LogP contribution in [-0.2, 0) is 19.1 Å². The van der Waals surface area contributed by atoms with E-state index in [0.717, 1.165) is 11.6 Å². The van der Waals surface area contributed by atoms with Gasteiger partial charge >= 0.3 is 11.9 Å². The number of hydrogen-bond acceptors (Lipinski definition) is 8. The third-order valence-corrected chi connectivity index (χ3v) is 5.18. The SMILES string of the molecule is COC(=O)/C=C1\C(C(=O)OC)=CC(C(=O)c2cc(C)ccc2OC)=CN1c1ccc(OC)cc1. The molecule has 0 aromatic heterocycles. The predicted molar refractivity (Wildman–Crippen MR) is 126 cm³/mol. The Hall–Kier alpha value is -4.33. The molecule has 0 amide bonds. The molecule has 0 radical (unpaired) electrons. The van der Waals surface area contributed by atoms with Crippen LogP contribution in [0.3, 0.4) is 0 Å². The van der Waals surface area contributed by atoms with Gasteiger partial charge in [-0.2, -0.15) is 0 Å². The van der Waals surface area contributed by atoms with Crippen LogP contribution in [0.5, 0.6) is 11.5 Å². The van der Waals surface area contributed by atoms with E-state index in [1.54, 1.807) is 54.6 Å². The number of carbonyl (C=O) groups is 3. The summed E-state index contributed by atoms with van der Waals surface area (Å²) in [4.78, 5) is 40.0. The Labute approximate surface area is 197 Å². The summed E-state index contributed by atoms with van der Waals surface area (Å²) < 4.78 is 20.3. The molecule has 8 heteroatoms. The van der Waals surface area contributed by atoms with Crippen molar-refractivity contribution in [1.82, 2.24) is 0 Å². The van der Waals surface area contributed by atoms with Crippen LogP contribution in [0.1, 0.15) is 15.9 Å². The van der Waals surface area contributed by atoms with E-state index in [-0.39, 0.29) is 22.6 Å². The van der Waals surface area contributed by atoms with Crippen molar-refractivity contribution in [3.8, 4) is 11.5 Å². The van der Waals surface area contributed by atoms with Gasteiger partial charge < -0.3 is 23.8 Å². The molecule has 3 rings (SSSR count). The highest BCUT2D eigenvalue weighted by Gasteiger charge is 2.30. The standard InChI is InChI=1S/C26H25NO7/c1-16-6-11-23(32-3)21(12-16)25(29)17-13-20(26(30)34-5)22(14-24(28)33-4)27(15-17)18-7-9-19(31-2)10-8-18/h6-15H,1-5H3/b22-14+. The molecule has 0 saturated carbocycles. The lowest BCUT2D eigenvalue weighted by Crippen LogP contribution is -2.27. The van der Waals surface area contributed by atoms with E-state index in [1.165, 1.54) is 27.4 Å². The average molecular weight is 463 g/mol. The summed E-state index contributed by atoms with van der Waals surface area (Å²) in [6.07, 6.45) is 4.11. The lowest BCUT2D eigenvalue weighted by molar-refractivity contribution is -0.135. The van der Waals surface area contributed by atoms with Crippen LogP contribution < -0.4 is 14.4 Å². The molecule has 0 aliphatic carbocycles. The number of ether oxygens (including phenoxy) is 4. The van der Waals surface area contributed by atoms with Gasteiger partial charge in [-0.1, -0.05) is 11.6 Å². The zero-order valence-electron chi connectivity index (χ0n) is 19.6. The molecule has 0 saturated heterocycles. The Morgan fingerprint density at radius 1 is 0.882 bits per heavy atom. The lowest BCUT2D eigenvalue weighted by atomic mass is 9.95. The van der Waals surface area contributed by atoms with E-state index in [2.05, 4.69) is 0 Å². The van der Waals surface area contributed by atoms with Gasteiger partial charge in [-0.05, 0) is 49.4 Å². The number of ketones is 1. The van der Waals surface area contributed by atoms with Crippen molar-refractivity contribution in [2.45, 2.75) is 6.92 Å². The fourth-order valence-electron chi connectivity index (χ4n) is 3.43. The number of esters is 2. The van der Waals surface area contributed by atoms with Crippen LogP contribution in [0, 0.1) is 6.92 Å². The van der Waals surface area contributed by atoms with E-state index >= 15 is 0 Å². The third kappa shape index (κ3) is 5.01. The molecule has 2 aromatic rings. The number of hydrogen-bond donors (Lipinski definition) is 0. The smallest absolute Gasteiger partial charge is 0.340 e. The molecule has 1 aliphatic heterocycles. The van der Waals surface area contributed by atoms with Gasteiger partial charge in [0.15, 0.2) is 5.78 Å². The highest BCUT2D eigenvalue weighted by Crippen LogP contribution is 2.34. The van der Waals surface area contributed by atoms with Gasteiger partial charge in [0.2, 0.25) is 0 Å². The average Bonchev–Trinajstić information content (AvgIpc) is 2.87. The van der Waals surface area contributed by atoms with Crippen molar-refractivity contribution in [2.75, 3.05) is 33.3 Å². The zero-order chi connectivity index (χ0) is 24.8. The number of rotatable bonds is 7. The molecule has 34 heavy (non-hydrogen) atoms. The number of anilines is 1. The van der Waals surface area contributed by atoms with E-state index in [4.69, 9.17) is 18.9 Å². The van der Waals surface area contributed by atoms with E-state index in [0.29, 0.717) is 22.7 Å². The summed E-state index contributed by atoms with van der Waals surface area (Å²) in [6.45, 7) is 1.86. The highest BCUT2D eigenvalue weighted by molar-refractivity contribution is 6.15. The molecule has 1 aliphatic rings. The van der Waals surface area contributed by atoms with Gasteiger partial charge in [0.1, 0.15) is 11.5 Å². The lowest BCUT2D eigenvalue weighted by Gasteiger charge is -2.29. The number of aryl methyl sites for hydroxylation is 1. The summed E-state index contributed by atoms with van der Waals surface area (Å²) in [5.74, 6) is -0.739. The number of carbonyl (C=O) groups excluding carboxylic acids is 3. The van der Waals surface area contributed by atoms with Crippen molar-refractivity contribution >= 4 is 23.4 Å². The van der Waals surface area contributed by atoms with Crippen LogP contribution in [0.2, 0.25) is 0 Å². The zero-order valence-corrected chi connectivity index (χ0v) is 19.6. The van der Waals surface area contributed by atoms with Gasteiger partial charge in [0, 0.05) is 23.5 Å².